The molecule has 0 aliphatic heterocycles. The van der Waals surface area contributed by atoms with E-state index in [-0.39, 0.29) is 11.9 Å². The van der Waals surface area contributed by atoms with Gasteiger partial charge in [0.15, 0.2) is 6.10 Å². The minimum atomic E-state index is -0.825. The third kappa shape index (κ3) is 3.94. The molecule has 5 nitrogen and oxygen atoms in total. The first kappa shape index (κ1) is 16.9. The Labute approximate surface area is 149 Å². The Morgan fingerprint density at radius 3 is 2.83 bits per heavy atom. The molecule has 0 radical (unpaired) electrons. The fraction of sp³-hybridized carbons (Fsp3) is 0.353. The summed E-state index contributed by atoms with van der Waals surface area (Å²) in [4.78, 5) is 29.0. The van der Waals surface area contributed by atoms with Crippen LogP contribution >= 0.6 is 22.9 Å². The SMILES string of the molecule is Cc1nc(-c2cccc(Cl)c2)sc1C(=O)O[C@@H](C)C(=O)NC1CC1. The summed E-state index contributed by atoms with van der Waals surface area (Å²) in [6.45, 7) is 3.32. The van der Waals surface area contributed by atoms with E-state index in [1.54, 1.807) is 26.0 Å². The van der Waals surface area contributed by atoms with Gasteiger partial charge in [-0.25, -0.2) is 9.78 Å². The van der Waals surface area contributed by atoms with Crippen LogP contribution in [-0.2, 0) is 9.53 Å². The lowest BCUT2D eigenvalue weighted by Gasteiger charge is -2.12. The van der Waals surface area contributed by atoms with Crippen molar-refractivity contribution >= 4 is 34.8 Å². The Kier molecular flexibility index (Phi) is 4.87. The second-order valence-electron chi connectivity index (χ2n) is 5.77. The average Bonchev–Trinajstić information content (AvgIpc) is 3.26. The molecular formula is C17H17ClN2O3S. The summed E-state index contributed by atoms with van der Waals surface area (Å²) in [5.74, 6) is -0.792. The van der Waals surface area contributed by atoms with E-state index in [1.807, 2.05) is 12.1 Å². The number of carbonyl (C=O) groups excluding carboxylic acids is 2. The van der Waals surface area contributed by atoms with Crippen molar-refractivity contribution < 1.29 is 14.3 Å². The summed E-state index contributed by atoms with van der Waals surface area (Å²) in [5, 5.41) is 4.12. The Hall–Kier alpha value is -1.92. The van der Waals surface area contributed by atoms with Gasteiger partial charge in [0.1, 0.15) is 9.88 Å². The topological polar surface area (TPSA) is 68.3 Å². The van der Waals surface area contributed by atoms with Crippen LogP contribution < -0.4 is 5.32 Å². The molecule has 3 rings (SSSR count). The summed E-state index contributed by atoms with van der Waals surface area (Å²) in [6.07, 6.45) is 1.15. The van der Waals surface area contributed by atoms with E-state index in [1.165, 1.54) is 11.3 Å². The molecule has 1 saturated carbocycles. The second-order valence-corrected chi connectivity index (χ2v) is 7.21. The van der Waals surface area contributed by atoms with Crippen LogP contribution in [0.1, 0.15) is 35.1 Å². The van der Waals surface area contributed by atoms with Crippen molar-refractivity contribution in [2.24, 2.45) is 0 Å². The molecule has 1 amide bonds. The van der Waals surface area contributed by atoms with Gasteiger partial charge in [-0.15, -0.1) is 11.3 Å². The highest BCUT2D eigenvalue weighted by atomic mass is 35.5. The third-order valence-corrected chi connectivity index (χ3v) is 5.05. The summed E-state index contributed by atoms with van der Waals surface area (Å²) >= 11 is 7.23. The van der Waals surface area contributed by atoms with Crippen LogP contribution in [0.4, 0.5) is 0 Å². The lowest BCUT2D eigenvalue weighted by atomic mass is 10.2. The minimum absolute atomic E-state index is 0.234. The van der Waals surface area contributed by atoms with Crippen LogP contribution in [-0.4, -0.2) is 29.0 Å². The molecule has 0 spiro atoms. The number of hydrogen-bond donors (Lipinski definition) is 1. The van der Waals surface area contributed by atoms with E-state index in [9.17, 15) is 9.59 Å². The second kappa shape index (κ2) is 6.91. The number of halogens is 1. The number of amides is 1. The Bertz CT molecular complexity index is 786. The van der Waals surface area contributed by atoms with Crippen LogP contribution in [0, 0.1) is 6.92 Å². The number of aryl methyl sites for hydroxylation is 1. The smallest absolute Gasteiger partial charge is 0.351 e. The number of esters is 1. The average molecular weight is 365 g/mol. The van der Waals surface area contributed by atoms with Gasteiger partial charge in [0.05, 0.1) is 5.69 Å². The van der Waals surface area contributed by atoms with E-state index in [0.29, 0.717) is 20.6 Å². The zero-order chi connectivity index (χ0) is 17.3. The molecule has 7 heteroatoms. The van der Waals surface area contributed by atoms with Crippen LogP contribution in [0.5, 0.6) is 0 Å². The van der Waals surface area contributed by atoms with Gasteiger partial charge in [-0.1, -0.05) is 23.7 Å². The van der Waals surface area contributed by atoms with Crippen molar-refractivity contribution in [3.63, 3.8) is 0 Å². The molecule has 1 aliphatic rings. The number of hydrogen-bond acceptors (Lipinski definition) is 5. The van der Waals surface area contributed by atoms with Crippen molar-refractivity contribution in [2.75, 3.05) is 0 Å². The molecule has 2 aromatic rings. The molecule has 1 heterocycles. The van der Waals surface area contributed by atoms with Crippen molar-refractivity contribution in [2.45, 2.75) is 38.8 Å². The molecule has 0 saturated heterocycles. The number of rotatable bonds is 5. The summed E-state index contributed by atoms with van der Waals surface area (Å²) < 4.78 is 5.27. The Morgan fingerprint density at radius 1 is 1.42 bits per heavy atom. The first-order chi connectivity index (χ1) is 11.4. The van der Waals surface area contributed by atoms with E-state index < -0.39 is 12.1 Å². The highest BCUT2D eigenvalue weighted by Gasteiger charge is 2.28. The normalized spacial score (nSPS) is 15.0. The number of benzene rings is 1. The lowest BCUT2D eigenvalue weighted by Crippen LogP contribution is -2.37. The molecule has 1 atom stereocenters. The zero-order valence-corrected chi connectivity index (χ0v) is 14.9. The van der Waals surface area contributed by atoms with E-state index in [0.717, 1.165) is 18.4 Å². The number of carbonyl (C=O) groups is 2. The van der Waals surface area contributed by atoms with Gasteiger partial charge < -0.3 is 10.1 Å². The molecule has 126 valence electrons. The Morgan fingerprint density at radius 2 is 2.17 bits per heavy atom. The van der Waals surface area contributed by atoms with Gasteiger partial charge in [-0.05, 0) is 38.8 Å². The fourth-order valence-corrected chi connectivity index (χ4v) is 3.28. The maximum Gasteiger partial charge on any atom is 0.351 e. The molecule has 1 aromatic heterocycles. The molecule has 1 aromatic carbocycles. The predicted octanol–water partition coefficient (Wildman–Crippen LogP) is 3.60. The summed E-state index contributed by atoms with van der Waals surface area (Å²) in [7, 11) is 0. The van der Waals surface area contributed by atoms with Crippen LogP contribution in [0.3, 0.4) is 0 Å². The molecular weight excluding hydrogens is 348 g/mol. The monoisotopic (exact) mass is 364 g/mol. The highest BCUT2D eigenvalue weighted by Crippen LogP contribution is 2.30. The molecule has 24 heavy (non-hydrogen) atoms. The van der Waals surface area contributed by atoms with E-state index in [2.05, 4.69) is 10.3 Å². The van der Waals surface area contributed by atoms with Crippen LogP contribution in [0.25, 0.3) is 10.6 Å². The minimum Gasteiger partial charge on any atom is -0.448 e. The standard InChI is InChI=1S/C17H17ClN2O3S/c1-9-14(17(22)23-10(2)15(21)20-13-6-7-13)24-16(19-9)11-4-3-5-12(18)8-11/h3-5,8,10,13H,6-7H2,1-2H3,(H,20,21)/t10-/m0/s1. The van der Waals surface area contributed by atoms with Gasteiger partial charge in [-0.2, -0.15) is 0 Å². The van der Waals surface area contributed by atoms with Crippen LogP contribution in [0.2, 0.25) is 5.02 Å². The fourth-order valence-electron chi connectivity index (χ4n) is 2.14. The third-order valence-electron chi connectivity index (χ3n) is 3.63. The molecule has 0 unspecified atom stereocenters. The number of nitrogens with zero attached hydrogens (tertiary/aromatic N) is 1. The van der Waals surface area contributed by atoms with Crippen molar-refractivity contribution in [1.82, 2.24) is 10.3 Å². The molecule has 1 N–H and O–H groups in total. The number of aromatic nitrogens is 1. The van der Waals surface area contributed by atoms with Gasteiger partial charge in [0, 0.05) is 16.6 Å². The lowest BCUT2D eigenvalue weighted by molar-refractivity contribution is -0.129. The molecule has 1 fully saturated rings. The first-order valence-electron chi connectivity index (χ1n) is 7.69. The van der Waals surface area contributed by atoms with Gasteiger partial charge >= 0.3 is 5.97 Å². The maximum absolute atomic E-state index is 12.3. The van der Waals surface area contributed by atoms with E-state index >= 15 is 0 Å². The molecule has 0 bridgehead atoms. The van der Waals surface area contributed by atoms with Crippen LogP contribution in [0.15, 0.2) is 24.3 Å². The number of nitrogens with one attached hydrogen (secondary N) is 1. The van der Waals surface area contributed by atoms with Gasteiger partial charge in [0.2, 0.25) is 0 Å². The largest absolute Gasteiger partial charge is 0.448 e. The maximum atomic E-state index is 12.3. The highest BCUT2D eigenvalue weighted by molar-refractivity contribution is 7.17. The number of thiazole rings is 1. The van der Waals surface area contributed by atoms with Crippen molar-refractivity contribution in [3.8, 4) is 10.6 Å². The zero-order valence-electron chi connectivity index (χ0n) is 13.3. The van der Waals surface area contributed by atoms with E-state index in [4.69, 9.17) is 16.3 Å². The predicted molar refractivity (Wildman–Crippen MR) is 93.3 cm³/mol. The molecule has 1 aliphatic carbocycles. The summed E-state index contributed by atoms with van der Waals surface area (Å²) in [6, 6.07) is 7.52. The van der Waals surface area contributed by atoms with Gasteiger partial charge in [0.25, 0.3) is 5.91 Å². The quantitative estimate of drug-likeness (QED) is 0.823. The van der Waals surface area contributed by atoms with Gasteiger partial charge in [-0.3, -0.25) is 4.79 Å². The first-order valence-corrected chi connectivity index (χ1v) is 8.88. The number of ether oxygens (including phenoxy) is 1. The van der Waals surface area contributed by atoms with Crippen molar-refractivity contribution in [3.05, 3.63) is 39.9 Å². The Balaban J connectivity index is 1.72. The van der Waals surface area contributed by atoms with Crippen molar-refractivity contribution in [1.29, 1.82) is 0 Å². The summed E-state index contributed by atoms with van der Waals surface area (Å²) in [5.41, 5.74) is 1.42.